The maximum atomic E-state index is 12.0. The first-order valence-electron chi connectivity index (χ1n) is 11.0. The van der Waals surface area contributed by atoms with Crippen LogP contribution in [0.5, 0.6) is 0 Å². The molecule has 2 aliphatic carbocycles. The Morgan fingerprint density at radius 2 is 1.80 bits per heavy atom. The monoisotopic (exact) mass is 436 g/mol. The Morgan fingerprint density at radius 3 is 2.37 bits per heavy atom. The van der Waals surface area contributed by atoms with Gasteiger partial charge in [-0.15, -0.1) is 0 Å². The first kappa shape index (κ1) is 21.6. The number of benzene rings is 1. The standard InChI is InChI=1S/C22H32N2O5S/c1-30(27,28)23-19-13-20(17-7-8-17)24(22(25)26)21(19)14-29-18-11-9-16(10-12-18)15-5-3-2-4-6-15/h2-6,16-21,23H,7-14H2,1H3,(H,25,26). The Kier molecular flexibility index (Phi) is 6.36. The number of carboxylic acid groups (broad SMARTS) is 1. The number of nitrogens with one attached hydrogen (secondary N) is 1. The molecule has 1 saturated heterocycles. The van der Waals surface area contributed by atoms with Gasteiger partial charge in [-0.05, 0) is 62.3 Å². The van der Waals surface area contributed by atoms with E-state index in [1.165, 1.54) is 10.5 Å². The van der Waals surface area contributed by atoms with E-state index in [0.717, 1.165) is 44.8 Å². The predicted molar refractivity (Wildman–Crippen MR) is 114 cm³/mol. The van der Waals surface area contributed by atoms with Gasteiger partial charge in [-0.2, -0.15) is 0 Å². The number of nitrogens with zero attached hydrogens (tertiary/aromatic N) is 1. The maximum absolute atomic E-state index is 12.0. The Morgan fingerprint density at radius 1 is 1.13 bits per heavy atom. The van der Waals surface area contributed by atoms with Crippen molar-refractivity contribution < 1.29 is 23.1 Å². The number of rotatable bonds is 7. The van der Waals surface area contributed by atoms with Gasteiger partial charge < -0.3 is 9.84 Å². The number of likely N-dealkylation sites (tertiary alicyclic amines) is 1. The molecule has 0 spiro atoms. The Hall–Kier alpha value is -1.64. The molecule has 3 atom stereocenters. The summed E-state index contributed by atoms with van der Waals surface area (Å²) in [6.45, 7) is 0.239. The highest BCUT2D eigenvalue weighted by atomic mass is 32.2. The van der Waals surface area contributed by atoms with E-state index in [0.29, 0.717) is 18.3 Å². The Bertz CT molecular complexity index is 834. The van der Waals surface area contributed by atoms with Crippen molar-refractivity contribution in [3.05, 3.63) is 35.9 Å². The lowest BCUT2D eigenvalue weighted by Crippen LogP contribution is -2.50. The number of sulfonamides is 1. The maximum Gasteiger partial charge on any atom is 0.407 e. The van der Waals surface area contributed by atoms with Crippen LogP contribution in [0.15, 0.2) is 30.3 Å². The number of carbonyl (C=O) groups is 1. The second-order valence-electron chi connectivity index (χ2n) is 9.11. The number of amides is 1. The third kappa shape index (κ3) is 5.15. The Labute approximate surface area is 178 Å². The van der Waals surface area contributed by atoms with E-state index in [-0.39, 0.29) is 18.8 Å². The average molecular weight is 437 g/mol. The van der Waals surface area contributed by atoms with Gasteiger partial charge >= 0.3 is 6.09 Å². The lowest BCUT2D eigenvalue weighted by atomic mass is 9.83. The Balaban J connectivity index is 1.37. The van der Waals surface area contributed by atoms with E-state index in [9.17, 15) is 18.3 Å². The third-order valence-electron chi connectivity index (χ3n) is 6.87. The molecule has 1 heterocycles. The quantitative estimate of drug-likeness (QED) is 0.684. The minimum Gasteiger partial charge on any atom is -0.465 e. The highest BCUT2D eigenvalue weighted by Gasteiger charge is 2.50. The molecule has 0 aromatic heterocycles. The summed E-state index contributed by atoms with van der Waals surface area (Å²) in [4.78, 5) is 13.5. The van der Waals surface area contributed by atoms with Crippen molar-refractivity contribution in [2.45, 2.75) is 75.1 Å². The van der Waals surface area contributed by atoms with E-state index in [2.05, 4.69) is 29.0 Å². The van der Waals surface area contributed by atoms with Gasteiger partial charge in [0, 0.05) is 12.1 Å². The topological polar surface area (TPSA) is 95.9 Å². The van der Waals surface area contributed by atoms with Crippen molar-refractivity contribution in [2.24, 2.45) is 5.92 Å². The van der Waals surface area contributed by atoms with Crippen molar-refractivity contribution in [1.82, 2.24) is 9.62 Å². The normalized spacial score (nSPS) is 32.3. The number of hydrogen-bond donors (Lipinski definition) is 2. The first-order valence-corrected chi connectivity index (χ1v) is 12.9. The molecule has 1 aromatic rings. The fourth-order valence-corrected chi connectivity index (χ4v) is 6.08. The molecule has 0 radical (unpaired) electrons. The molecule has 166 valence electrons. The summed E-state index contributed by atoms with van der Waals surface area (Å²) in [5.74, 6) is 0.892. The SMILES string of the molecule is CS(=O)(=O)NC1CC(C2CC2)N(C(=O)O)C1COC1CCC(c2ccccc2)CC1. The molecule has 1 aromatic carbocycles. The van der Waals surface area contributed by atoms with Crippen LogP contribution >= 0.6 is 0 Å². The van der Waals surface area contributed by atoms with Crippen molar-refractivity contribution in [3.8, 4) is 0 Å². The summed E-state index contributed by atoms with van der Waals surface area (Å²) in [5.41, 5.74) is 1.37. The van der Waals surface area contributed by atoms with E-state index in [1.807, 2.05) is 6.07 Å². The molecule has 1 aliphatic heterocycles. The van der Waals surface area contributed by atoms with Gasteiger partial charge in [0.15, 0.2) is 0 Å². The summed E-state index contributed by atoms with van der Waals surface area (Å²) < 4.78 is 32.6. The molecule has 2 N–H and O–H groups in total. The zero-order chi connectivity index (χ0) is 21.3. The van der Waals surface area contributed by atoms with Crippen LogP contribution in [-0.2, 0) is 14.8 Å². The molecule has 2 saturated carbocycles. The molecular formula is C22H32N2O5S. The van der Waals surface area contributed by atoms with E-state index >= 15 is 0 Å². The predicted octanol–water partition coefficient (Wildman–Crippen LogP) is 3.18. The summed E-state index contributed by atoms with van der Waals surface area (Å²) >= 11 is 0. The van der Waals surface area contributed by atoms with Crippen LogP contribution in [0.2, 0.25) is 0 Å². The molecule has 1 amide bonds. The third-order valence-corrected chi connectivity index (χ3v) is 7.61. The van der Waals surface area contributed by atoms with Crippen LogP contribution in [0, 0.1) is 5.92 Å². The molecule has 3 aliphatic rings. The van der Waals surface area contributed by atoms with E-state index < -0.39 is 28.2 Å². The van der Waals surface area contributed by atoms with Gasteiger partial charge in [-0.1, -0.05) is 30.3 Å². The van der Waals surface area contributed by atoms with Crippen LogP contribution in [0.25, 0.3) is 0 Å². The number of hydrogen-bond acceptors (Lipinski definition) is 4. The van der Waals surface area contributed by atoms with Crippen LogP contribution in [0.4, 0.5) is 4.79 Å². The fourth-order valence-electron chi connectivity index (χ4n) is 5.28. The van der Waals surface area contributed by atoms with Gasteiger partial charge in [0.1, 0.15) is 0 Å². The van der Waals surface area contributed by atoms with Gasteiger partial charge in [0.05, 0.1) is 25.0 Å². The lowest BCUT2D eigenvalue weighted by Gasteiger charge is -2.33. The van der Waals surface area contributed by atoms with E-state index in [1.54, 1.807) is 0 Å². The minimum absolute atomic E-state index is 0.0967. The zero-order valence-electron chi connectivity index (χ0n) is 17.4. The minimum atomic E-state index is -3.42. The zero-order valence-corrected chi connectivity index (χ0v) is 18.3. The summed E-state index contributed by atoms with van der Waals surface area (Å²) in [5, 5.41) is 9.84. The van der Waals surface area contributed by atoms with Crippen LogP contribution in [0.1, 0.15) is 56.4 Å². The largest absolute Gasteiger partial charge is 0.465 e. The number of ether oxygens (including phenoxy) is 1. The molecular weight excluding hydrogens is 404 g/mol. The fraction of sp³-hybridized carbons (Fsp3) is 0.682. The van der Waals surface area contributed by atoms with Crippen molar-refractivity contribution in [2.75, 3.05) is 12.9 Å². The summed E-state index contributed by atoms with van der Waals surface area (Å²) in [6.07, 6.45) is 6.78. The molecule has 3 fully saturated rings. The van der Waals surface area contributed by atoms with Gasteiger partial charge in [0.25, 0.3) is 0 Å². The molecule has 8 heteroatoms. The van der Waals surface area contributed by atoms with Crippen LogP contribution in [0.3, 0.4) is 0 Å². The van der Waals surface area contributed by atoms with Gasteiger partial charge in [-0.25, -0.2) is 17.9 Å². The highest BCUT2D eigenvalue weighted by molar-refractivity contribution is 7.88. The van der Waals surface area contributed by atoms with Crippen molar-refractivity contribution >= 4 is 16.1 Å². The van der Waals surface area contributed by atoms with Crippen LogP contribution in [-0.4, -0.2) is 61.6 Å². The lowest BCUT2D eigenvalue weighted by molar-refractivity contribution is -0.00853. The molecule has 30 heavy (non-hydrogen) atoms. The smallest absolute Gasteiger partial charge is 0.407 e. The van der Waals surface area contributed by atoms with Crippen LogP contribution < -0.4 is 4.72 Å². The first-order chi connectivity index (χ1) is 14.3. The molecule has 4 rings (SSSR count). The summed E-state index contributed by atoms with van der Waals surface area (Å²) in [6, 6.07) is 9.50. The second-order valence-corrected chi connectivity index (χ2v) is 10.9. The van der Waals surface area contributed by atoms with Crippen molar-refractivity contribution in [3.63, 3.8) is 0 Å². The second kappa shape index (κ2) is 8.85. The molecule has 0 bridgehead atoms. The average Bonchev–Trinajstić information content (AvgIpc) is 3.49. The summed E-state index contributed by atoms with van der Waals surface area (Å²) in [7, 11) is -3.42. The molecule has 7 nitrogen and oxygen atoms in total. The highest BCUT2D eigenvalue weighted by Crippen LogP contribution is 2.43. The molecule has 3 unspecified atom stereocenters. The van der Waals surface area contributed by atoms with Crippen molar-refractivity contribution in [1.29, 1.82) is 0 Å². The van der Waals surface area contributed by atoms with E-state index in [4.69, 9.17) is 4.74 Å². The van der Waals surface area contributed by atoms with Gasteiger partial charge in [0.2, 0.25) is 10.0 Å². The van der Waals surface area contributed by atoms with Gasteiger partial charge in [-0.3, -0.25) is 4.90 Å².